The summed E-state index contributed by atoms with van der Waals surface area (Å²) in [5.41, 5.74) is 0.501. The third kappa shape index (κ3) is 4.99. The average molecular weight is 282 g/mol. The van der Waals surface area contributed by atoms with Crippen LogP contribution in [0.4, 0.5) is 4.39 Å². The number of carbonyl (C=O) groups excluding carboxylic acids is 2. The van der Waals surface area contributed by atoms with Crippen LogP contribution >= 0.6 is 0 Å². The van der Waals surface area contributed by atoms with Crippen LogP contribution in [0.15, 0.2) is 24.3 Å². The number of carbonyl (C=O) groups is 2. The fraction of sp³-hybridized carbons (Fsp3) is 0.467. The van der Waals surface area contributed by atoms with Gasteiger partial charge in [-0.1, -0.05) is 26.0 Å². The quantitative estimate of drug-likeness (QED) is 0.752. The van der Waals surface area contributed by atoms with Crippen LogP contribution in [0.2, 0.25) is 0 Å². The van der Waals surface area contributed by atoms with Crippen molar-refractivity contribution in [3.8, 4) is 0 Å². The fourth-order valence-corrected chi connectivity index (χ4v) is 1.68. The molecule has 0 saturated carbocycles. The first-order valence-corrected chi connectivity index (χ1v) is 6.54. The molecule has 0 fully saturated rings. The van der Waals surface area contributed by atoms with Gasteiger partial charge in [0.1, 0.15) is 5.82 Å². The topological polar surface area (TPSA) is 52.6 Å². The minimum Gasteiger partial charge on any atom is -0.463 e. The molecule has 0 radical (unpaired) electrons. The third-order valence-corrected chi connectivity index (χ3v) is 2.62. The van der Waals surface area contributed by atoms with Gasteiger partial charge in [-0.3, -0.25) is 4.79 Å². The standard InChI is InChI=1S/C15H19FO4/c1-4-19-15(18)14(10(2)3)20-13(17)9-11-6-5-7-12(16)8-11/h5-8,10,14H,4,9H2,1-3H3. The highest BCUT2D eigenvalue weighted by molar-refractivity contribution is 5.80. The number of hydrogen-bond acceptors (Lipinski definition) is 4. The highest BCUT2D eigenvalue weighted by atomic mass is 19.1. The molecule has 20 heavy (non-hydrogen) atoms. The molecule has 0 aliphatic carbocycles. The van der Waals surface area contributed by atoms with E-state index in [2.05, 4.69) is 0 Å². The Balaban J connectivity index is 2.65. The van der Waals surface area contributed by atoms with Gasteiger partial charge in [0.2, 0.25) is 6.10 Å². The first-order chi connectivity index (χ1) is 9.43. The zero-order chi connectivity index (χ0) is 15.1. The average Bonchev–Trinajstić information content (AvgIpc) is 2.35. The van der Waals surface area contributed by atoms with Crippen molar-refractivity contribution in [3.05, 3.63) is 35.6 Å². The first-order valence-electron chi connectivity index (χ1n) is 6.54. The van der Waals surface area contributed by atoms with Crippen molar-refractivity contribution >= 4 is 11.9 Å². The summed E-state index contributed by atoms with van der Waals surface area (Å²) in [6, 6.07) is 5.70. The zero-order valence-electron chi connectivity index (χ0n) is 11.9. The Bertz CT molecular complexity index is 471. The molecule has 0 heterocycles. The fourth-order valence-electron chi connectivity index (χ4n) is 1.68. The second-order valence-electron chi connectivity index (χ2n) is 4.71. The minimum atomic E-state index is -0.934. The van der Waals surface area contributed by atoms with Crippen molar-refractivity contribution in [2.45, 2.75) is 33.3 Å². The molecule has 1 aromatic carbocycles. The van der Waals surface area contributed by atoms with Crippen LogP contribution in [0.1, 0.15) is 26.3 Å². The summed E-state index contributed by atoms with van der Waals surface area (Å²) in [6.07, 6.45) is -1.02. The maximum atomic E-state index is 13.0. The van der Waals surface area contributed by atoms with E-state index < -0.39 is 23.9 Å². The van der Waals surface area contributed by atoms with Crippen molar-refractivity contribution in [1.82, 2.24) is 0 Å². The summed E-state index contributed by atoms with van der Waals surface area (Å²) in [6.45, 7) is 5.43. The Labute approximate surface area is 117 Å². The van der Waals surface area contributed by atoms with E-state index in [1.54, 1.807) is 26.8 Å². The Morgan fingerprint density at radius 3 is 2.55 bits per heavy atom. The predicted molar refractivity (Wildman–Crippen MR) is 71.5 cm³/mol. The lowest BCUT2D eigenvalue weighted by Gasteiger charge is -2.19. The monoisotopic (exact) mass is 282 g/mol. The van der Waals surface area contributed by atoms with Crippen LogP contribution < -0.4 is 0 Å². The molecule has 1 atom stereocenters. The van der Waals surface area contributed by atoms with Gasteiger partial charge in [0, 0.05) is 5.92 Å². The molecule has 0 bridgehead atoms. The van der Waals surface area contributed by atoms with Crippen LogP contribution in [0.5, 0.6) is 0 Å². The molecule has 0 N–H and O–H groups in total. The minimum absolute atomic E-state index is 0.0830. The van der Waals surface area contributed by atoms with Crippen LogP contribution in [0.25, 0.3) is 0 Å². The summed E-state index contributed by atoms with van der Waals surface area (Å²) in [4.78, 5) is 23.5. The third-order valence-electron chi connectivity index (χ3n) is 2.62. The van der Waals surface area contributed by atoms with E-state index in [0.29, 0.717) is 5.56 Å². The van der Waals surface area contributed by atoms with E-state index in [9.17, 15) is 14.0 Å². The van der Waals surface area contributed by atoms with Gasteiger partial charge in [-0.25, -0.2) is 9.18 Å². The largest absolute Gasteiger partial charge is 0.463 e. The van der Waals surface area contributed by atoms with Gasteiger partial charge < -0.3 is 9.47 Å². The molecular formula is C15H19FO4. The normalized spacial score (nSPS) is 12.1. The Kier molecular flexibility index (Phi) is 6.15. The smallest absolute Gasteiger partial charge is 0.347 e. The van der Waals surface area contributed by atoms with E-state index in [1.165, 1.54) is 18.2 Å². The molecule has 0 aromatic heterocycles. The molecule has 5 heteroatoms. The lowest BCUT2D eigenvalue weighted by atomic mass is 10.1. The molecule has 1 unspecified atom stereocenters. The lowest BCUT2D eigenvalue weighted by molar-refractivity contribution is -0.170. The van der Waals surface area contributed by atoms with Gasteiger partial charge in [-0.2, -0.15) is 0 Å². The Morgan fingerprint density at radius 2 is 2.00 bits per heavy atom. The van der Waals surface area contributed by atoms with Gasteiger partial charge in [-0.05, 0) is 24.6 Å². The molecule has 4 nitrogen and oxygen atoms in total. The molecule has 0 spiro atoms. The van der Waals surface area contributed by atoms with Crippen LogP contribution in [-0.2, 0) is 25.5 Å². The van der Waals surface area contributed by atoms with E-state index >= 15 is 0 Å². The molecular weight excluding hydrogens is 263 g/mol. The summed E-state index contributed by atoms with van der Waals surface area (Å²) in [5, 5.41) is 0. The molecule has 110 valence electrons. The van der Waals surface area contributed by atoms with Crippen molar-refractivity contribution in [2.24, 2.45) is 5.92 Å². The molecule has 1 rings (SSSR count). The second-order valence-corrected chi connectivity index (χ2v) is 4.71. The summed E-state index contributed by atoms with van der Waals surface area (Å²) in [5.74, 6) is -1.75. The SMILES string of the molecule is CCOC(=O)C(OC(=O)Cc1cccc(F)c1)C(C)C. The second kappa shape index (κ2) is 7.62. The number of rotatable bonds is 6. The van der Waals surface area contributed by atoms with Crippen LogP contribution in [-0.4, -0.2) is 24.6 Å². The highest BCUT2D eigenvalue weighted by Crippen LogP contribution is 2.12. The molecule has 0 aliphatic heterocycles. The van der Waals surface area contributed by atoms with E-state index in [4.69, 9.17) is 9.47 Å². The predicted octanol–water partition coefficient (Wildman–Crippen LogP) is 2.50. The summed E-state index contributed by atoms with van der Waals surface area (Å²) < 4.78 is 23.0. The first kappa shape index (κ1) is 16.1. The maximum Gasteiger partial charge on any atom is 0.347 e. The maximum absolute atomic E-state index is 13.0. The number of esters is 2. The van der Waals surface area contributed by atoms with Crippen molar-refractivity contribution < 1.29 is 23.5 Å². The number of hydrogen-bond donors (Lipinski definition) is 0. The van der Waals surface area contributed by atoms with Gasteiger partial charge in [0.15, 0.2) is 0 Å². The van der Waals surface area contributed by atoms with E-state index in [-0.39, 0.29) is 18.9 Å². The van der Waals surface area contributed by atoms with Crippen molar-refractivity contribution in [3.63, 3.8) is 0 Å². The zero-order valence-corrected chi connectivity index (χ0v) is 11.9. The van der Waals surface area contributed by atoms with Gasteiger partial charge in [-0.15, -0.1) is 0 Å². The van der Waals surface area contributed by atoms with Gasteiger partial charge >= 0.3 is 11.9 Å². The number of ether oxygens (including phenoxy) is 2. The van der Waals surface area contributed by atoms with Crippen LogP contribution in [0.3, 0.4) is 0 Å². The summed E-state index contributed by atoms with van der Waals surface area (Å²) >= 11 is 0. The van der Waals surface area contributed by atoms with Crippen molar-refractivity contribution in [1.29, 1.82) is 0 Å². The van der Waals surface area contributed by atoms with Gasteiger partial charge in [0.05, 0.1) is 13.0 Å². The highest BCUT2D eigenvalue weighted by Gasteiger charge is 2.27. The molecule has 0 amide bonds. The Morgan fingerprint density at radius 1 is 1.30 bits per heavy atom. The summed E-state index contributed by atoms with van der Waals surface area (Å²) in [7, 11) is 0. The number of halogens is 1. The van der Waals surface area contributed by atoms with Crippen LogP contribution in [0, 0.1) is 11.7 Å². The molecule has 0 aliphatic rings. The Hall–Kier alpha value is -1.91. The molecule has 1 aromatic rings. The van der Waals surface area contributed by atoms with E-state index in [1.807, 2.05) is 0 Å². The molecule has 0 saturated heterocycles. The lowest BCUT2D eigenvalue weighted by Crippen LogP contribution is -2.34. The van der Waals surface area contributed by atoms with Gasteiger partial charge in [0.25, 0.3) is 0 Å². The number of benzene rings is 1. The van der Waals surface area contributed by atoms with E-state index in [0.717, 1.165) is 0 Å². The van der Waals surface area contributed by atoms with Crippen molar-refractivity contribution in [2.75, 3.05) is 6.61 Å².